The molecule has 0 saturated heterocycles. The van der Waals surface area contributed by atoms with Gasteiger partial charge in [-0.05, 0) is 33.1 Å². The fourth-order valence-electron chi connectivity index (χ4n) is 3.23. The Bertz CT molecular complexity index is 469. The molecule has 0 N–H and O–H groups in total. The molecule has 0 saturated carbocycles. The lowest BCUT2D eigenvalue weighted by Crippen LogP contribution is -2.22. The molecule has 4 heteroatoms. The molecule has 0 fully saturated rings. The fraction of sp³-hybridized carbons (Fsp3) is 0.647. The fourth-order valence-corrected chi connectivity index (χ4v) is 3.23. The van der Waals surface area contributed by atoms with Crippen molar-refractivity contribution >= 4 is 11.9 Å². The van der Waals surface area contributed by atoms with E-state index in [2.05, 4.69) is 0 Å². The highest BCUT2D eigenvalue weighted by Crippen LogP contribution is 2.52. The first-order valence-corrected chi connectivity index (χ1v) is 7.78. The van der Waals surface area contributed by atoms with E-state index >= 15 is 0 Å². The van der Waals surface area contributed by atoms with Crippen molar-refractivity contribution in [1.29, 1.82) is 0 Å². The molecule has 0 aromatic rings. The largest absolute Gasteiger partial charge is 0.462 e. The van der Waals surface area contributed by atoms with Gasteiger partial charge in [0.1, 0.15) is 0 Å². The van der Waals surface area contributed by atoms with Gasteiger partial charge in [-0.2, -0.15) is 0 Å². The Morgan fingerprint density at radius 2 is 1.29 bits per heavy atom. The zero-order valence-corrected chi connectivity index (χ0v) is 13.3. The number of hydrogen-bond acceptors (Lipinski definition) is 4. The molecule has 21 heavy (non-hydrogen) atoms. The van der Waals surface area contributed by atoms with Gasteiger partial charge in [0.2, 0.25) is 0 Å². The standard InChI is InChI=1S/C17H24O4/c1-5-7-20-16(18)14-12-9-13(11(4)10(12)3)15(14)17(19)21-8-6-2/h12-13H,5-9H2,1-4H3. The van der Waals surface area contributed by atoms with Crippen molar-refractivity contribution < 1.29 is 19.1 Å². The van der Waals surface area contributed by atoms with Gasteiger partial charge in [0.05, 0.1) is 24.4 Å². The number of esters is 2. The first-order valence-electron chi connectivity index (χ1n) is 7.78. The maximum Gasteiger partial charge on any atom is 0.335 e. The third kappa shape index (κ3) is 2.76. The lowest BCUT2D eigenvalue weighted by molar-refractivity contribution is -0.142. The van der Waals surface area contributed by atoms with Gasteiger partial charge in [0.25, 0.3) is 0 Å². The second kappa shape index (κ2) is 6.46. The number of rotatable bonds is 6. The third-order valence-corrected chi connectivity index (χ3v) is 4.44. The Balaban J connectivity index is 2.29. The Morgan fingerprint density at radius 3 is 1.62 bits per heavy atom. The van der Waals surface area contributed by atoms with Crippen LogP contribution in [0.25, 0.3) is 0 Å². The number of carbonyl (C=O) groups excluding carboxylic acids is 2. The number of ether oxygens (including phenoxy) is 2. The summed E-state index contributed by atoms with van der Waals surface area (Å²) in [6, 6.07) is 0. The van der Waals surface area contributed by atoms with Crippen LogP contribution in [0.1, 0.15) is 47.0 Å². The van der Waals surface area contributed by atoms with Gasteiger partial charge in [-0.1, -0.05) is 25.0 Å². The minimum atomic E-state index is -0.348. The summed E-state index contributed by atoms with van der Waals surface area (Å²) in [7, 11) is 0. The Labute approximate surface area is 126 Å². The smallest absolute Gasteiger partial charge is 0.335 e. The van der Waals surface area contributed by atoms with E-state index < -0.39 is 0 Å². The molecular weight excluding hydrogens is 268 g/mol. The van der Waals surface area contributed by atoms with Gasteiger partial charge in [-0.15, -0.1) is 0 Å². The van der Waals surface area contributed by atoms with Crippen LogP contribution in [0.15, 0.2) is 22.3 Å². The number of carbonyl (C=O) groups is 2. The van der Waals surface area contributed by atoms with E-state index in [-0.39, 0.29) is 23.8 Å². The van der Waals surface area contributed by atoms with Crippen LogP contribution in [0.5, 0.6) is 0 Å². The van der Waals surface area contributed by atoms with Crippen molar-refractivity contribution in [2.75, 3.05) is 13.2 Å². The highest BCUT2D eigenvalue weighted by molar-refractivity contribution is 6.03. The lowest BCUT2D eigenvalue weighted by Gasteiger charge is -2.20. The summed E-state index contributed by atoms with van der Waals surface area (Å²) in [4.78, 5) is 24.6. The van der Waals surface area contributed by atoms with E-state index in [1.165, 1.54) is 11.1 Å². The van der Waals surface area contributed by atoms with E-state index in [1.807, 2.05) is 27.7 Å². The number of fused-ring (bicyclic) bond motifs is 2. The molecule has 0 radical (unpaired) electrons. The SMILES string of the molecule is CCCOC(=O)C1=C(C(=O)OCCC)C2CC1C(C)=C2C. The van der Waals surface area contributed by atoms with Gasteiger partial charge in [0, 0.05) is 11.8 Å². The van der Waals surface area contributed by atoms with Crippen LogP contribution in [0.4, 0.5) is 0 Å². The number of allylic oxidation sites excluding steroid dienone is 2. The summed E-state index contributed by atoms with van der Waals surface area (Å²) in [5.74, 6) is -0.633. The van der Waals surface area contributed by atoms with E-state index in [1.54, 1.807) is 0 Å². The highest BCUT2D eigenvalue weighted by Gasteiger charge is 2.48. The summed E-state index contributed by atoms with van der Waals surface area (Å²) >= 11 is 0. The van der Waals surface area contributed by atoms with Crippen molar-refractivity contribution in [2.24, 2.45) is 11.8 Å². The van der Waals surface area contributed by atoms with Crippen LogP contribution in [-0.4, -0.2) is 25.2 Å². The average molecular weight is 292 g/mol. The molecule has 0 heterocycles. The summed E-state index contributed by atoms with van der Waals surface area (Å²) in [5.41, 5.74) is 3.49. The van der Waals surface area contributed by atoms with Gasteiger partial charge < -0.3 is 9.47 Å². The van der Waals surface area contributed by atoms with E-state index in [9.17, 15) is 9.59 Å². The predicted octanol–water partition coefficient (Wildman–Crippen LogP) is 3.18. The minimum Gasteiger partial charge on any atom is -0.462 e. The second-order valence-corrected chi connectivity index (χ2v) is 5.81. The molecular formula is C17H24O4. The molecule has 2 atom stereocenters. The first-order chi connectivity index (χ1) is 10.0. The molecule has 2 bridgehead atoms. The molecule has 116 valence electrons. The van der Waals surface area contributed by atoms with Crippen molar-refractivity contribution in [3.63, 3.8) is 0 Å². The topological polar surface area (TPSA) is 52.6 Å². The average Bonchev–Trinajstić information content (AvgIpc) is 3.00. The number of hydrogen-bond donors (Lipinski definition) is 0. The first kappa shape index (κ1) is 15.8. The molecule has 4 nitrogen and oxygen atoms in total. The molecule has 2 aliphatic rings. The van der Waals surface area contributed by atoms with Crippen molar-refractivity contribution in [2.45, 2.75) is 47.0 Å². The van der Waals surface area contributed by atoms with Crippen LogP contribution in [0.2, 0.25) is 0 Å². The molecule has 0 aliphatic heterocycles. The van der Waals surface area contributed by atoms with E-state index in [0.717, 1.165) is 19.3 Å². The molecule has 2 aliphatic carbocycles. The van der Waals surface area contributed by atoms with Crippen molar-refractivity contribution in [3.8, 4) is 0 Å². The normalized spacial score (nSPS) is 23.8. The quantitative estimate of drug-likeness (QED) is 0.557. The van der Waals surface area contributed by atoms with Crippen molar-refractivity contribution in [1.82, 2.24) is 0 Å². The van der Waals surface area contributed by atoms with Crippen LogP contribution in [0, 0.1) is 11.8 Å². The van der Waals surface area contributed by atoms with Crippen molar-refractivity contribution in [3.05, 3.63) is 22.3 Å². The van der Waals surface area contributed by atoms with E-state index in [0.29, 0.717) is 24.4 Å². The molecule has 0 aromatic carbocycles. The molecule has 2 rings (SSSR count). The van der Waals surface area contributed by atoms with Crippen LogP contribution in [0.3, 0.4) is 0 Å². The molecule has 0 spiro atoms. The predicted molar refractivity (Wildman–Crippen MR) is 79.5 cm³/mol. The van der Waals surface area contributed by atoms with Gasteiger partial charge in [0.15, 0.2) is 0 Å². The van der Waals surface area contributed by atoms with Crippen LogP contribution >= 0.6 is 0 Å². The Kier molecular flexibility index (Phi) is 4.86. The zero-order chi connectivity index (χ0) is 15.6. The maximum atomic E-state index is 12.3. The van der Waals surface area contributed by atoms with Gasteiger partial charge in [-0.25, -0.2) is 9.59 Å². The summed E-state index contributed by atoms with van der Waals surface area (Å²) in [6.45, 7) is 8.77. The third-order valence-electron chi connectivity index (χ3n) is 4.44. The summed E-state index contributed by atoms with van der Waals surface area (Å²) in [5, 5.41) is 0. The van der Waals surface area contributed by atoms with Crippen LogP contribution in [-0.2, 0) is 19.1 Å². The van der Waals surface area contributed by atoms with Gasteiger partial charge >= 0.3 is 11.9 Å². The molecule has 0 amide bonds. The zero-order valence-electron chi connectivity index (χ0n) is 13.3. The van der Waals surface area contributed by atoms with Gasteiger partial charge in [-0.3, -0.25) is 0 Å². The molecule has 0 aromatic heterocycles. The maximum absolute atomic E-state index is 12.3. The minimum absolute atomic E-state index is 0.0310. The van der Waals surface area contributed by atoms with Crippen LogP contribution < -0.4 is 0 Å². The molecule has 2 unspecified atom stereocenters. The summed E-state index contributed by atoms with van der Waals surface area (Å²) in [6.07, 6.45) is 2.36. The second-order valence-electron chi connectivity index (χ2n) is 5.81. The van der Waals surface area contributed by atoms with E-state index in [4.69, 9.17) is 9.47 Å². The lowest BCUT2D eigenvalue weighted by atomic mass is 9.87. The Hall–Kier alpha value is -1.58. The Morgan fingerprint density at radius 1 is 0.905 bits per heavy atom. The highest BCUT2D eigenvalue weighted by atomic mass is 16.5. The summed E-state index contributed by atoms with van der Waals surface area (Å²) < 4.78 is 10.5. The monoisotopic (exact) mass is 292 g/mol.